The first-order valence-corrected chi connectivity index (χ1v) is 6.26. The van der Waals surface area contributed by atoms with Gasteiger partial charge in [0.15, 0.2) is 5.82 Å². The molecule has 1 saturated carbocycles. The SMILES string of the molecule is Cc1nnc2c(NC3(CC(=O)O)CCC3)nccn12. The number of carboxylic acids is 1. The minimum Gasteiger partial charge on any atom is -0.481 e. The zero-order valence-corrected chi connectivity index (χ0v) is 10.6. The predicted molar refractivity (Wildman–Crippen MR) is 68.0 cm³/mol. The van der Waals surface area contributed by atoms with Gasteiger partial charge >= 0.3 is 5.97 Å². The third kappa shape index (κ3) is 2.00. The van der Waals surface area contributed by atoms with E-state index >= 15 is 0 Å². The summed E-state index contributed by atoms with van der Waals surface area (Å²) in [6.45, 7) is 1.86. The lowest BCUT2D eigenvalue weighted by Gasteiger charge is -2.41. The highest BCUT2D eigenvalue weighted by Crippen LogP contribution is 2.38. The number of aryl methyl sites for hydroxylation is 1. The van der Waals surface area contributed by atoms with Gasteiger partial charge < -0.3 is 10.4 Å². The quantitative estimate of drug-likeness (QED) is 0.860. The van der Waals surface area contributed by atoms with Crippen LogP contribution in [-0.2, 0) is 4.79 Å². The summed E-state index contributed by atoms with van der Waals surface area (Å²) in [7, 11) is 0. The molecule has 0 aliphatic heterocycles. The van der Waals surface area contributed by atoms with Crippen molar-refractivity contribution in [2.24, 2.45) is 0 Å². The Bertz CT molecular complexity index is 632. The van der Waals surface area contributed by atoms with Crippen molar-refractivity contribution in [2.45, 2.75) is 38.1 Å². The van der Waals surface area contributed by atoms with Gasteiger partial charge in [-0.2, -0.15) is 0 Å². The van der Waals surface area contributed by atoms with E-state index in [2.05, 4.69) is 20.5 Å². The van der Waals surface area contributed by atoms with Gasteiger partial charge in [0.05, 0.1) is 6.42 Å². The number of carbonyl (C=O) groups is 1. The van der Waals surface area contributed by atoms with Gasteiger partial charge in [-0.25, -0.2) is 4.98 Å². The van der Waals surface area contributed by atoms with E-state index in [0.717, 1.165) is 25.1 Å². The number of nitrogens with zero attached hydrogens (tertiary/aromatic N) is 4. The second-order valence-electron chi connectivity index (χ2n) is 5.05. The molecule has 1 fully saturated rings. The van der Waals surface area contributed by atoms with E-state index in [1.54, 1.807) is 12.4 Å². The highest BCUT2D eigenvalue weighted by molar-refractivity contribution is 5.71. The number of hydrogen-bond acceptors (Lipinski definition) is 5. The Hall–Kier alpha value is -2.18. The van der Waals surface area contributed by atoms with Gasteiger partial charge in [-0.1, -0.05) is 0 Å². The molecule has 0 amide bonds. The summed E-state index contributed by atoms with van der Waals surface area (Å²) in [4.78, 5) is 15.2. The number of hydrogen-bond donors (Lipinski definition) is 2. The van der Waals surface area contributed by atoms with Gasteiger partial charge in [-0.3, -0.25) is 9.20 Å². The molecule has 2 N–H and O–H groups in total. The van der Waals surface area contributed by atoms with E-state index in [1.807, 2.05) is 11.3 Å². The van der Waals surface area contributed by atoms with Gasteiger partial charge in [-0.15, -0.1) is 10.2 Å². The first kappa shape index (κ1) is 11.9. The normalized spacial score (nSPS) is 17.1. The van der Waals surface area contributed by atoms with E-state index in [1.165, 1.54) is 0 Å². The van der Waals surface area contributed by atoms with E-state index in [0.29, 0.717) is 11.5 Å². The molecule has 0 spiro atoms. The fourth-order valence-electron chi connectivity index (χ4n) is 2.52. The molecule has 0 unspecified atom stereocenters. The van der Waals surface area contributed by atoms with Gasteiger partial charge in [0.25, 0.3) is 0 Å². The molecule has 2 heterocycles. The molecule has 0 radical (unpaired) electrons. The molecular weight excluding hydrogens is 246 g/mol. The third-order valence-electron chi connectivity index (χ3n) is 3.68. The standard InChI is InChI=1S/C12H15N5O2/c1-8-15-16-11-10(13-5-6-17(8)11)14-12(3-2-4-12)7-9(18)19/h5-6H,2-4,7H2,1H3,(H,13,14)(H,18,19). The highest BCUT2D eigenvalue weighted by atomic mass is 16.4. The predicted octanol–water partition coefficient (Wildman–Crippen LogP) is 1.24. The average Bonchev–Trinajstić information content (AvgIpc) is 2.69. The summed E-state index contributed by atoms with van der Waals surface area (Å²) >= 11 is 0. The number of nitrogens with one attached hydrogen (secondary N) is 1. The number of anilines is 1. The van der Waals surface area contributed by atoms with Crippen molar-refractivity contribution in [3.8, 4) is 0 Å². The van der Waals surface area contributed by atoms with Crippen molar-refractivity contribution >= 4 is 17.4 Å². The number of rotatable bonds is 4. The van der Waals surface area contributed by atoms with Crippen molar-refractivity contribution < 1.29 is 9.90 Å². The molecule has 7 heteroatoms. The Morgan fingerprint density at radius 2 is 2.32 bits per heavy atom. The van der Waals surface area contributed by atoms with Crippen molar-refractivity contribution in [3.63, 3.8) is 0 Å². The largest absolute Gasteiger partial charge is 0.481 e. The van der Waals surface area contributed by atoms with E-state index in [9.17, 15) is 4.79 Å². The summed E-state index contributed by atoms with van der Waals surface area (Å²) in [5.41, 5.74) is 0.247. The maximum absolute atomic E-state index is 11.0. The zero-order valence-electron chi connectivity index (χ0n) is 10.6. The Balaban J connectivity index is 1.94. The van der Waals surface area contributed by atoms with Crippen molar-refractivity contribution in [3.05, 3.63) is 18.2 Å². The van der Waals surface area contributed by atoms with Crippen molar-refractivity contribution in [1.29, 1.82) is 0 Å². The Morgan fingerprint density at radius 1 is 1.53 bits per heavy atom. The van der Waals surface area contributed by atoms with Crippen LogP contribution in [0.5, 0.6) is 0 Å². The molecule has 100 valence electrons. The monoisotopic (exact) mass is 261 g/mol. The number of aliphatic carboxylic acids is 1. The van der Waals surface area contributed by atoms with Gasteiger partial charge in [-0.05, 0) is 26.2 Å². The first-order valence-electron chi connectivity index (χ1n) is 6.26. The summed E-state index contributed by atoms with van der Waals surface area (Å²) in [6.07, 6.45) is 6.28. The highest BCUT2D eigenvalue weighted by Gasteiger charge is 2.39. The van der Waals surface area contributed by atoms with Crippen molar-refractivity contribution in [1.82, 2.24) is 19.6 Å². The second-order valence-corrected chi connectivity index (χ2v) is 5.05. The minimum absolute atomic E-state index is 0.100. The minimum atomic E-state index is -0.795. The van der Waals surface area contributed by atoms with Crippen LogP contribution in [-0.4, -0.2) is 36.2 Å². The third-order valence-corrected chi connectivity index (χ3v) is 3.68. The average molecular weight is 261 g/mol. The molecular formula is C12H15N5O2. The molecule has 2 aromatic rings. The van der Waals surface area contributed by atoms with Crippen LogP contribution < -0.4 is 5.32 Å². The Kier molecular flexibility index (Phi) is 2.62. The fraction of sp³-hybridized carbons (Fsp3) is 0.500. The molecule has 2 aromatic heterocycles. The van der Waals surface area contributed by atoms with Crippen molar-refractivity contribution in [2.75, 3.05) is 5.32 Å². The summed E-state index contributed by atoms with van der Waals surface area (Å²) in [5.74, 6) is 0.585. The number of aromatic nitrogens is 4. The fourth-order valence-corrected chi connectivity index (χ4v) is 2.52. The van der Waals surface area contributed by atoms with E-state index in [4.69, 9.17) is 5.11 Å². The lowest BCUT2D eigenvalue weighted by Crippen LogP contribution is -2.47. The molecule has 0 aromatic carbocycles. The Labute approximate surface area is 109 Å². The lowest BCUT2D eigenvalue weighted by atomic mass is 9.74. The molecule has 7 nitrogen and oxygen atoms in total. The van der Waals surface area contributed by atoms with E-state index in [-0.39, 0.29) is 12.0 Å². The summed E-state index contributed by atoms with van der Waals surface area (Å²) in [5, 5.41) is 20.4. The summed E-state index contributed by atoms with van der Waals surface area (Å²) in [6, 6.07) is 0. The lowest BCUT2D eigenvalue weighted by molar-refractivity contribution is -0.138. The molecule has 0 atom stereocenters. The maximum atomic E-state index is 11.0. The topological polar surface area (TPSA) is 92.4 Å². The van der Waals surface area contributed by atoms with Crippen LogP contribution in [0.4, 0.5) is 5.82 Å². The van der Waals surface area contributed by atoms with Crippen LogP contribution >= 0.6 is 0 Å². The first-order chi connectivity index (χ1) is 9.10. The number of carboxylic acid groups (broad SMARTS) is 1. The van der Waals surface area contributed by atoms with E-state index < -0.39 is 5.97 Å². The van der Waals surface area contributed by atoms with Gasteiger partial charge in [0.1, 0.15) is 5.82 Å². The number of fused-ring (bicyclic) bond motifs is 1. The maximum Gasteiger partial charge on any atom is 0.305 e. The van der Waals surface area contributed by atoms with Crippen LogP contribution in [0.15, 0.2) is 12.4 Å². The van der Waals surface area contributed by atoms with Crippen LogP contribution in [0.25, 0.3) is 5.65 Å². The molecule has 19 heavy (non-hydrogen) atoms. The molecule has 0 bridgehead atoms. The molecule has 1 aliphatic carbocycles. The zero-order chi connectivity index (χ0) is 13.5. The molecule has 3 rings (SSSR count). The van der Waals surface area contributed by atoms with Crippen LogP contribution in [0, 0.1) is 6.92 Å². The summed E-state index contributed by atoms with van der Waals surface area (Å²) < 4.78 is 1.84. The smallest absolute Gasteiger partial charge is 0.305 e. The van der Waals surface area contributed by atoms with Gasteiger partial charge in [0.2, 0.25) is 5.65 Å². The molecule has 1 aliphatic rings. The second kappa shape index (κ2) is 4.18. The van der Waals surface area contributed by atoms with Gasteiger partial charge in [0, 0.05) is 17.9 Å². The Morgan fingerprint density at radius 3 is 2.95 bits per heavy atom. The van der Waals surface area contributed by atoms with Crippen LogP contribution in [0.3, 0.4) is 0 Å². The van der Waals surface area contributed by atoms with Crippen LogP contribution in [0.1, 0.15) is 31.5 Å². The van der Waals surface area contributed by atoms with Crippen LogP contribution in [0.2, 0.25) is 0 Å². The molecule has 0 saturated heterocycles.